The molecule has 0 aromatic heterocycles. The van der Waals surface area contributed by atoms with E-state index < -0.39 is 0 Å². The number of para-hydroxylation sites is 1. The zero-order valence-electron chi connectivity index (χ0n) is 17.3. The first kappa shape index (κ1) is 22.2. The topological polar surface area (TPSA) is 40.6 Å². The van der Waals surface area contributed by atoms with Crippen molar-refractivity contribution in [3.05, 3.63) is 63.5 Å². The van der Waals surface area contributed by atoms with E-state index in [2.05, 4.69) is 22.9 Å². The molecule has 0 N–H and O–H groups in total. The molecule has 0 bridgehead atoms. The van der Waals surface area contributed by atoms with E-state index in [1.807, 2.05) is 53.4 Å². The maximum absolute atomic E-state index is 13.4. The highest BCUT2D eigenvalue weighted by molar-refractivity contribution is 9.10. The number of hydrogen-bond acceptors (Lipinski definition) is 4. The van der Waals surface area contributed by atoms with Crippen LogP contribution in [0.4, 0.5) is 11.4 Å². The molecule has 2 aliphatic heterocycles. The molecule has 160 valence electrons. The molecule has 1 fully saturated rings. The molecule has 4 nitrogen and oxygen atoms in total. The smallest absolute Gasteiger partial charge is 0.271 e. The van der Waals surface area contributed by atoms with Gasteiger partial charge in [0.05, 0.1) is 21.9 Å². The van der Waals surface area contributed by atoms with E-state index in [0.29, 0.717) is 27.0 Å². The Kier molecular flexibility index (Phi) is 6.94. The monoisotopic (exact) mass is 514 g/mol. The molecule has 2 aromatic rings. The highest BCUT2D eigenvalue weighted by atomic mass is 79.9. The van der Waals surface area contributed by atoms with E-state index in [0.717, 1.165) is 28.6 Å². The van der Waals surface area contributed by atoms with Gasteiger partial charge in [-0.05, 0) is 36.8 Å². The van der Waals surface area contributed by atoms with Gasteiger partial charge in [-0.2, -0.15) is 0 Å². The Morgan fingerprint density at radius 3 is 2.39 bits per heavy atom. The molecule has 0 saturated carbocycles. The molecule has 2 aromatic carbocycles. The van der Waals surface area contributed by atoms with E-state index in [9.17, 15) is 9.59 Å². The number of carbonyl (C=O) groups excluding carboxylic acids is 2. The number of carbonyl (C=O) groups is 2. The number of unbranched alkanes of at least 4 members (excludes halogenated alkanes) is 4. The minimum atomic E-state index is -0.236. The molecule has 2 aliphatic rings. The third-order valence-electron chi connectivity index (χ3n) is 5.49. The van der Waals surface area contributed by atoms with E-state index in [1.165, 1.54) is 35.9 Å². The van der Waals surface area contributed by atoms with Crippen molar-refractivity contribution in [3.63, 3.8) is 0 Å². The van der Waals surface area contributed by atoms with Crippen molar-refractivity contribution in [1.29, 1.82) is 0 Å². The van der Waals surface area contributed by atoms with E-state index in [4.69, 9.17) is 12.2 Å². The third kappa shape index (κ3) is 4.36. The van der Waals surface area contributed by atoms with Gasteiger partial charge in [0.25, 0.3) is 11.8 Å². The summed E-state index contributed by atoms with van der Waals surface area (Å²) >= 11 is 10.1. The van der Waals surface area contributed by atoms with Crippen LogP contribution in [-0.4, -0.2) is 22.7 Å². The highest BCUT2D eigenvalue weighted by Gasteiger charge is 2.42. The minimum absolute atomic E-state index is 0.104. The van der Waals surface area contributed by atoms with Crippen molar-refractivity contribution in [1.82, 2.24) is 0 Å². The van der Waals surface area contributed by atoms with Crippen molar-refractivity contribution in [2.24, 2.45) is 0 Å². The van der Waals surface area contributed by atoms with Gasteiger partial charge in [0, 0.05) is 16.6 Å². The first-order valence-corrected chi connectivity index (χ1v) is 12.5. The first-order chi connectivity index (χ1) is 15.0. The summed E-state index contributed by atoms with van der Waals surface area (Å²) in [5.41, 5.74) is 2.87. The number of fused-ring (bicyclic) bond motifs is 1. The van der Waals surface area contributed by atoms with Crippen LogP contribution in [-0.2, 0) is 9.59 Å². The molecule has 0 atom stereocenters. The first-order valence-electron chi connectivity index (χ1n) is 10.5. The second-order valence-corrected chi connectivity index (χ2v) is 10.1. The van der Waals surface area contributed by atoms with E-state index >= 15 is 0 Å². The summed E-state index contributed by atoms with van der Waals surface area (Å²) < 4.78 is 1.37. The Morgan fingerprint density at radius 2 is 1.65 bits per heavy atom. The third-order valence-corrected chi connectivity index (χ3v) is 7.39. The van der Waals surface area contributed by atoms with Gasteiger partial charge in [0.1, 0.15) is 0 Å². The van der Waals surface area contributed by atoms with Crippen molar-refractivity contribution in [3.8, 4) is 0 Å². The Balaban J connectivity index is 1.65. The molecule has 2 amide bonds. The molecule has 0 aliphatic carbocycles. The summed E-state index contributed by atoms with van der Waals surface area (Å²) in [4.78, 5) is 30.6. The number of thioether (sulfide) groups is 1. The van der Waals surface area contributed by atoms with Gasteiger partial charge in [0.15, 0.2) is 4.32 Å². The van der Waals surface area contributed by atoms with Crippen molar-refractivity contribution >= 4 is 73.0 Å². The Hall–Kier alpha value is -1.96. The lowest BCUT2D eigenvalue weighted by molar-refractivity contribution is -0.115. The summed E-state index contributed by atoms with van der Waals surface area (Å²) in [6.45, 7) is 2.85. The van der Waals surface area contributed by atoms with Crippen LogP contribution >= 0.6 is 39.9 Å². The van der Waals surface area contributed by atoms with Crippen molar-refractivity contribution in [2.75, 3.05) is 16.3 Å². The quantitative estimate of drug-likeness (QED) is 0.239. The van der Waals surface area contributed by atoms with Crippen LogP contribution in [0, 0.1) is 0 Å². The van der Waals surface area contributed by atoms with Crippen LogP contribution in [0.15, 0.2) is 57.9 Å². The summed E-state index contributed by atoms with van der Waals surface area (Å²) in [6, 6.07) is 15.2. The fourth-order valence-corrected chi connectivity index (χ4v) is 5.56. The Labute approximate surface area is 200 Å². The van der Waals surface area contributed by atoms with E-state index in [-0.39, 0.29) is 11.8 Å². The molecular formula is C24H23BrN2O2S2. The normalized spacial score (nSPS) is 18.3. The van der Waals surface area contributed by atoms with Gasteiger partial charge in [-0.3, -0.25) is 14.5 Å². The predicted octanol–water partition coefficient (Wildman–Crippen LogP) is 6.54. The minimum Gasteiger partial charge on any atom is -0.308 e. The predicted molar refractivity (Wildman–Crippen MR) is 136 cm³/mol. The molecule has 1 saturated heterocycles. The number of anilines is 2. The molecule has 2 heterocycles. The zero-order valence-corrected chi connectivity index (χ0v) is 20.5. The maximum Gasteiger partial charge on any atom is 0.271 e. The molecule has 4 rings (SSSR count). The van der Waals surface area contributed by atoms with Crippen LogP contribution in [0.2, 0.25) is 0 Å². The Bertz CT molecular complexity index is 1070. The standard InChI is InChI=1S/C24H23BrN2O2S2/c1-2-3-4-5-8-15-26-19-10-7-6-9-18(19)20(22(26)28)21-23(29)27(24(30)31-21)17-13-11-16(25)12-14-17/h6-7,9-14H,2-5,8,15H2,1H3. The van der Waals surface area contributed by atoms with Gasteiger partial charge in [0.2, 0.25) is 0 Å². The molecule has 0 unspecified atom stereocenters. The van der Waals surface area contributed by atoms with Gasteiger partial charge < -0.3 is 4.90 Å². The fraction of sp³-hybridized carbons (Fsp3) is 0.292. The van der Waals surface area contributed by atoms with E-state index in [1.54, 1.807) is 0 Å². The lowest BCUT2D eigenvalue weighted by Crippen LogP contribution is -2.29. The summed E-state index contributed by atoms with van der Waals surface area (Å²) in [5, 5.41) is 0. The van der Waals surface area contributed by atoms with Crippen LogP contribution in [0.3, 0.4) is 0 Å². The van der Waals surface area contributed by atoms with Crippen LogP contribution < -0.4 is 9.80 Å². The number of nitrogens with zero attached hydrogens (tertiary/aromatic N) is 2. The van der Waals surface area contributed by atoms with Gasteiger partial charge in [-0.25, -0.2) is 0 Å². The van der Waals surface area contributed by atoms with Gasteiger partial charge >= 0.3 is 0 Å². The molecular weight excluding hydrogens is 492 g/mol. The fourth-order valence-electron chi connectivity index (χ4n) is 3.93. The SMILES string of the molecule is CCCCCCCN1C(=O)C(=C2SC(=S)N(c3ccc(Br)cc3)C2=O)c2ccccc21. The van der Waals surface area contributed by atoms with Crippen molar-refractivity contribution in [2.45, 2.75) is 39.0 Å². The summed E-state index contributed by atoms with van der Waals surface area (Å²) in [6.07, 6.45) is 5.64. The lowest BCUT2D eigenvalue weighted by atomic mass is 10.1. The molecule has 0 spiro atoms. The zero-order chi connectivity index (χ0) is 22.0. The number of benzene rings is 2. The maximum atomic E-state index is 13.4. The highest BCUT2D eigenvalue weighted by Crippen LogP contribution is 2.45. The average molecular weight is 515 g/mol. The van der Waals surface area contributed by atoms with Gasteiger partial charge in [-0.1, -0.05) is 90.7 Å². The second kappa shape index (κ2) is 9.67. The Morgan fingerprint density at radius 1 is 0.935 bits per heavy atom. The number of halogens is 1. The second-order valence-electron chi connectivity index (χ2n) is 7.58. The summed E-state index contributed by atoms with van der Waals surface area (Å²) in [7, 11) is 0. The average Bonchev–Trinajstić information content (AvgIpc) is 3.21. The van der Waals surface area contributed by atoms with Crippen LogP contribution in [0.1, 0.15) is 44.6 Å². The van der Waals surface area contributed by atoms with Crippen molar-refractivity contribution < 1.29 is 9.59 Å². The summed E-state index contributed by atoms with van der Waals surface area (Å²) in [5.74, 6) is -0.340. The molecule has 0 radical (unpaired) electrons. The van der Waals surface area contributed by atoms with Crippen LogP contribution in [0.25, 0.3) is 5.57 Å². The molecule has 31 heavy (non-hydrogen) atoms. The van der Waals surface area contributed by atoms with Gasteiger partial charge in [-0.15, -0.1) is 0 Å². The largest absolute Gasteiger partial charge is 0.308 e. The number of thiocarbonyl (C=S) groups is 1. The number of hydrogen-bond donors (Lipinski definition) is 0. The lowest BCUT2D eigenvalue weighted by Gasteiger charge is -2.17. The number of amides is 2. The number of rotatable bonds is 7. The van der Waals surface area contributed by atoms with Crippen LogP contribution in [0.5, 0.6) is 0 Å². The molecule has 7 heteroatoms.